The van der Waals surface area contributed by atoms with Gasteiger partial charge in [0.15, 0.2) is 0 Å². The average Bonchev–Trinajstić information content (AvgIpc) is 2.70. The lowest BCUT2D eigenvalue weighted by molar-refractivity contribution is -0.120. The van der Waals surface area contributed by atoms with Crippen LogP contribution in [-0.2, 0) is 4.79 Å². The maximum Gasteiger partial charge on any atom is 0.229 e. The smallest absolute Gasteiger partial charge is 0.229 e. The molecule has 2 atom stereocenters. The second-order valence-electron chi connectivity index (χ2n) is 4.36. The second-order valence-corrected chi connectivity index (χ2v) is 5.62. The first-order chi connectivity index (χ1) is 8.08. The Balaban J connectivity index is 2.05. The van der Waals surface area contributed by atoms with Crippen molar-refractivity contribution >= 4 is 39.1 Å². The van der Waals surface area contributed by atoms with E-state index >= 15 is 0 Å². The fraction of sp³-hybridized carbons (Fsp3) is 0.417. The van der Waals surface area contributed by atoms with E-state index in [0.717, 1.165) is 23.2 Å². The summed E-state index contributed by atoms with van der Waals surface area (Å²) in [4.78, 5) is 12.0. The van der Waals surface area contributed by atoms with Crippen LogP contribution < -0.4 is 10.6 Å². The summed E-state index contributed by atoms with van der Waals surface area (Å²) in [5, 5.41) is 6.71. The van der Waals surface area contributed by atoms with E-state index in [9.17, 15) is 4.79 Å². The predicted molar refractivity (Wildman–Crippen MR) is 73.3 cm³/mol. The number of hydrogen-bond donors (Lipinski definition) is 2. The molecule has 3 nitrogen and oxygen atoms in total. The number of halogens is 2. The molecule has 1 aromatic carbocycles. The van der Waals surface area contributed by atoms with E-state index in [4.69, 9.17) is 11.6 Å². The molecule has 0 radical (unpaired) electrons. The second kappa shape index (κ2) is 5.38. The first kappa shape index (κ1) is 12.9. The van der Waals surface area contributed by atoms with Gasteiger partial charge in [0.25, 0.3) is 0 Å². The Morgan fingerprint density at radius 2 is 2.29 bits per heavy atom. The molecule has 0 spiro atoms. The molecule has 0 aromatic heterocycles. The van der Waals surface area contributed by atoms with Gasteiger partial charge in [-0.25, -0.2) is 0 Å². The van der Waals surface area contributed by atoms with Gasteiger partial charge in [-0.2, -0.15) is 0 Å². The molecular weight excluding hydrogens is 304 g/mol. The number of carbonyl (C=O) groups is 1. The van der Waals surface area contributed by atoms with Crippen LogP contribution in [-0.4, -0.2) is 19.0 Å². The fourth-order valence-corrected chi connectivity index (χ4v) is 2.40. The highest BCUT2D eigenvalue weighted by atomic mass is 79.9. The zero-order chi connectivity index (χ0) is 12.4. The third-order valence-electron chi connectivity index (χ3n) is 3.04. The lowest BCUT2D eigenvalue weighted by Crippen LogP contribution is -2.27. The van der Waals surface area contributed by atoms with E-state index in [-0.39, 0.29) is 11.8 Å². The largest absolute Gasteiger partial charge is 0.326 e. The standard InChI is InChI=1S/C12H14BrClN2O/c1-7-5-15-6-9(7)12(17)16-8-2-3-10(13)11(14)4-8/h2-4,7,9,15H,5-6H2,1H3,(H,16,17)/t7-,9-/m1/s1. The van der Waals surface area contributed by atoms with Crippen LogP contribution in [0.3, 0.4) is 0 Å². The molecule has 1 saturated heterocycles. The van der Waals surface area contributed by atoms with Crippen LogP contribution in [0.15, 0.2) is 22.7 Å². The number of carbonyl (C=O) groups excluding carboxylic acids is 1. The maximum absolute atomic E-state index is 12.0. The maximum atomic E-state index is 12.0. The highest BCUT2D eigenvalue weighted by molar-refractivity contribution is 9.10. The Morgan fingerprint density at radius 3 is 2.88 bits per heavy atom. The minimum absolute atomic E-state index is 0.0393. The Labute approximate surface area is 114 Å². The average molecular weight is 318 g/mol. The molecule has 1 aromatic rings. The van der Waals surface area contributed by atoms with E-state index in [1.54, 1.807) is 6.07 Å². The number of nitrogens with one attached hydrogen (secondary N) is 2. The highest BCUT2D eigenvalue weighted by Crippen LogP contribution is 2.26. The molecule has 2 N–H and O–H groups in total. The molecule has 1 heterocycles. The Hall–Kier alpha value is -0.580. The summed E-state index contributed by atoms with van der Waals surface area (Å²) in [6.07, 6.45) is 0. The third-order valence-corrected chi connectivity index (χ3v) is 4.27. The number of rotatable bonds is 2. The minimum atomic E-state index is 0.0393. The topological polar surface area (TPSA) is 41.1 Å². The van der Waals surface area contributed by atoms with Crippen LogP contribution in [0.4, 0.5) is 5.69 Å². The summed E-state index contributed by atoms with van der Waals surface area (Å²) in [5.74, 6) is 0.472. The van der Waals surface area contributed by atoms with Crippen molar-refractivity contribution in [1.29, 1.82) is 0 Å². The number of amides is 1. The molecule has 92 valence electrons. The number of anilines is 1. The number of hydrogen-bond acceptors (Lipinski definition) is 2. The van der Waals surface area contributed by atoms with Gasteiger partial charge < -0.3 is 10.6 Å². The molecule has 1 fully saturated rings. The summed E-state index contributed by atoms with van der Waals surface area (Å²) >= 11 is 9.29. The van der Waals surface area contributed by atoms with Crippen LogP contribution in [0.2, 0.25) is 5.02 Å². The highest BCUT2D eigenvalue weighted by Gasteiger charge is 2.29. The van der Waals surface area contributed by atoms with Crippen molar-refractivity contribution in [1.82, 2.24) is 5.32 Å². The minimum Gasteiger partial charge on any atom is -0.326 e. The van der Waals surface area contributed by atoms with Crippen LogP contribution in [0, 0.1) is 11.8 Å². The van der Waals surface area contributed by atoms with Crippen molar-refractivity contribution in [2.24, 2.45) is 11.8 Å². The van der Waals surface area contributed by atoms with Gasteiger partial charge in [-0.3, -0.25) is 4.79 Å². The fourth-order valence-electron chi connectivity index (χ4n) is 1.97. The molecule has 0 unspecified atom stereocenters. The van der Waals surface area contributed by atoms with Crippen LogP contribution >= 0.6 is 27.5 Å². The summed E-state index contributed by atoms with van der Waals surface area (Å²) in [5.41, 5.74) is 0.738. The summed E-state index contributed by atoms with van der Waals surface area (Å²) < 4.78 is 0.827. The molecule has 0 saturated carbocycles. The van der Waals surface area contributed by atoms with Gasteiger partial charge in [-0.15, -0.1) is 0 Å². The van der Waals surface area contributed by atoms with E-state index in [1.807, 2.05) is 12.1 Å². The molecule has 1 amide bonds. The Bertz CT molecular complexity index is 439. The predicted octanol–water partition coefficient (Wildman–Crippen LogP) is 2.90. The van der Waals surface area contributed by atoms with E-state index in [0.29, 0.717) is 10.9 Å². The van der Waals surface area contributed by atoms with Crippen molar-refractivity contribution in [3.63, 3.8) is 0 Å². The summed E-state index contributed by atoms with van der Waals surface area (Å²) in [6, 6.07) is 5.41. The first-order valence-corrected chi connectivity index (χ1v) is 6.71. The van der Waals surface area contributed by atoms with Gasteiger partial charge in [0, 0.05) is 16.7 Å². The summed E-state index contributed by atoms with van der Waals surface area (Å²) in [6.45, 7) is 3.73. The van der Waals surface area contributed by atoms with Gasteiger partial charge in [0.2, 0.25) is 5.91 Å². The third kappa shape index (κ3) is 3.00. The Morgan fingerprint density at radius 1 is 1.53 bits per heavy atom. The lowest BCUT2D eigenvalue weighted by Gasteiger charge is -2.14. The van der Waals surface area contributed by atoms with Crippen molar-refractivity contribution in [3.05, 3.63) is 27.7 Å². The monoisotopic (exact) mass is 316 g/mol. The molecular formula is C12H14BrClN2O. The van der Waals surface area contributed by atoms with Crippen molar-refractivity contribution in [2.45, 2.75) is 6.92 Å². The molecule has 17 heavy (non-hydrogen) atoms. The van der Waals surface area contributed by atoms with E-state index in [1.165, 1.54) is 0 Å². The normalized spacial score (nSPS) is 23.7. The van der Waals surface area contributed by atoms with Crippen molar-refractivity contribution < 1.29 is 4.79 Å². The van der Waals surface area contributed by atoms with Crippen LogP contribution in [0.25, 0.3) is 0 Å². The zero-order valence-electron chi connectivity index (χ0n) is 9.47. The van der Waals surface area contributed by atoms with E-state index in [2.05, 4.69) is 33.5 Å². The van der Waals surface area contributed by atoms with E-state index < -0.39 is 0 Å². The van der Waals surface area contributed by atoms with Crippen LogP contribution in [0.1, 0.15) is 6.92 Å². The SMILES string of the molecule is C[C@@H]1CNC[C@H]1C(=O)Nc1ccc(Br)c(Cl)c1. The molecule has 5 heteroatoms. The van der Waals surface area contributed by atoms with Gasteiger partial charge in [0.1, 0.15) is 0 Å². The molecule has 0 bridgehead atoms. The van der Waals surface area contributed by atoms with Crippen molar-refractivity contribution in [3.8, 4) is 0 Å². The quantitative estimate of drug-likeness (QED) is 0.880. The van der Waals surface area contributed by atoms with Gasteiger partial charge in [0.05, 0.1) is 10.9 Å². The summed E-state index contributed by atoms with van der Waals surface area (Å²) in [7, 11) is 0. The van der Waals surface area contributed by atoms with Gasteiger partial charge in [-0.05, 0) is 46.6 Å². The lowest BCUT2D eigenvalue weighted by atomic mass is 9.97. The van der Waals surface area contributed by atoms with Crippen molar-refractivity contribution in [2.75, 3.05) is 18.4 Å². The zero-order valence-corrected chi connectivity index (χ0v) is 11.8. The number of benzene rings is 1. The molecule has 0 aliphatic carbocycles. The molecule has 2 rings (SSSR count). The molecule has 1 aliphatic rings. The van der Waals surface area contributed by atoms with Gasteiger partial charge in [-0.1, -0.05) is 18.5 Å². The van der Waals surface area contributed by atoms with Crippen LogP contribution in [0.5, 0.6) is 0 Å². The Kier molecular flexibility index (Phi) is 4.07. The first-order valence-electron chi connectivity index (χ1n) is 5.54. The molecule has 1 aliphatic heterocycles. The van der Waals surface area contributed by atoms with Gasteiger partial charge >= 0.3 is 0 Å².